The molecule has 0 rings (SSSR count). The Morgan fingerprint density at radius 2 is 1.64 bits per heavy atom. The molecule has 0 aliphatic heterocycles. The number of amides is 2. The van der Waals surface area contributed by atoms with Crippen molar-refractivity contribution in [3.05, 3.63) is 0 Å². The molecule has 0 aliphatic carbocycles. The minimum Gasteiger partial charge on any atom is -0.481 e. The second kappa shape index (κ2) is 13.6. The number of aliphatic imine (C=N–C) groups is 1. The summed E-state index contributed by atoms with van der Waals surface area (Å²) in [6.07, 6.45) is 1.87. The van der Waals surface area contributed by atoms with Gasteiger partial charge in [0.15, 0.2) is 5.96 Å². The van der Waals surface area contributed by atoms with E-state index >= 15 is 0 Å². The highest BCUT2D eigenvalue weighted by molar-refractivity contribution is 7.98. The van der Waals surface area contributed by atoms with E-state index in [-0.39, 0.29) is 18.9 Å². The predicted octanol–water partition coefficient (Wildman–Crippen LogP) is -2.35. The molecular formula is C15H28N6O6S. The van der Waals surface area contributed by atoms with Crippen LogP contribution in [0.2, 0.25) is 0 Å². The van der Waals surface area contributed by atoms with E-state index in [1.54, 1.807) is 0 Å². The number of carbonyl (C=O) groups is 4. The molecule has 0 bridgehead atoms. The number of rotatable bonds is 14. The van der Waals surface area contributed by atoms with Crippen molar-refractivity contribution in [3.8, 4) is 0 Å². The average molecular weight is 420 g/mol. The third-order valence-corrected chi connectivity index (χ3v) is 4.19. The summed E-state index contributed by atoms with van der Waals surface area (Å²) in [5.74, 6) is -3.77. The Bertz CT molecular complexity index is 583. The van der Waals surface area contributed by atoms with Crippen molar-refractivity contribution >= 4 is 41.5 Å². The van der Waals surface area contributed by atoms with Crippen molar-refractivity contribution < 1.29 is 29.4 Å². The number of carboxylic acid groups (broad SMARTS) is 2. The van der Waals surface area contributed by atoms with Crippen LogP contribution in [0.4, 0.5) is 0 Å². The molecule has 0 aromatic rings. The monoisotopic (exact) mass is 420 g/mol. The maximum Gasteiger partial charge on any atom is 0.326 e. The maximum atomic E-state index is 12.4. The topological polar surface area (TPSA) is 223 Å². The Balaban J connectivity index is 5.09. The lowest BCUT2D eigenvalue weighted by Crippen LogP contribution is -2.54. The molecule has 12 nitrogen and oxygen atoms in total. The van der Waals surface area contributed by atoms with Gasteiger partial charge in [0, 0.05) is 6.54 Å². The van der Waals surface area contributed by atoms with Gasteiger partial charge in [0.25, 0.3) is 0 Å². The van der Waals surface area contributed by atoms with Gasteiger partial charge in [-0.05, 0) is 31.3 Å². The SMILES string of the molecule is CSCC[C@H](N)C(=O)N[C@@H](CCCN=C(N)N)C(=O)N[C@@H](CC(=O)O)C(=O)O. The summed E-state index contributed by atoms with van der Waals surface area (Å²) in [5.41, 5.74) is 16.2. The number of thioether (sulfide) groups is 1. The molecule has 160 valence electrons. The first-order valence-electron chi connectivity index (χ1n) is 8.43. The van der Waals surface area contributed by atoms with Gasteiger partial charge in [0.05, 0.1) is 12.5 Å². The van der Waals surface area contributed by atoms with E-state index in [1.807, 2.05) is 6.26 Å². The van der Waals surface area contributed by atoms with Crippen LogP contribution < -0.4 is 27.8 Å². The summed E-state index contributed by atoms with van der Waals surface area (Å²) in [5, 5.41) is 22.4. The fraction of sp³-hybridized carbons (Fsp3) is 0.667. The van der Waals surface area contributed by atoms with Gasteiger partial charge >= 0.3 is 11.9 Å². The molecule has 0 saturated carbocycles. The van der Waals surface area contributed by atoms with Gasteiger partial charge in [-0.25, -0.2) is 4.79 Å². The standard InChI is InChI=1S/C15H28N6O6S/c1-28-6-4-8(16)12(24)20-9(3-2-5-19-15(17)18)13(25)21-10(14(26)27)7-11(22)23/h8-10H,2-7,16H2,1H3,(H,20,24)(H,21,25)(H,22,23)(H,26,27)(H4,17,18,19)/t8-,9-,10-/m0/s1. The summed E-state index contributed by atoms with van der Waals surface area (Å²) >= 11 is 1.51. The normalized spacial score (nSPS) is 13.6. The fourth-order valence-electron chi connectivity index (χ4n) is 2.07. The first-order valence-corrected chi connectivity index (χ1v) is 9.83. The number of hydrogen-bond donors (Lipinski definition) is 7. The molecule has 0 aromatic carbocycles. The van der Waals surface area contributed by atoms with Crippen molar-refractivity contribution in [2.75, 3.05) is 18.6 Å². The van der Waals surface area contributed by atoms with Gasteiger partial charge in [-0.3, -0.25) is 19.4 Å². The van der Waals surface area contributed by atoms with Crippen molar-refractivity contribution in [3.63, 3.8) is 0 Å². The van der Waals surface area contributed by atoms with E-state index in [1.165, 1.54) is 11.8 Å². The van der Waals surface area contributed by atoms with Crippen LogP contribution in [0.5, 0.6) is 0 Å². The Morgan fingerprint density at radius 1 is 1.04 bits per heavy atom. The lowest BCUT2D eigenvalue weighted by atomic mass is 10.1. The maximum absolute atomic E-state index is 12.4. The highest BCUT2D eigenvalue weighted by Crippen LogP contribution is 2.04. The molecule has 0 fully saturated rings. The number of carbonyl (C=O) groups excluding carboxylic acids is 2. The largest absolute Gasteiger partial charge is 0.481 e. The number of nitrogens with two attached hydrogens (primary N) is 3. The zero-order valence-corrected chi connectivity index (χ0v) is 16.4. The lowest BCUT2D eigenvalue weighted by Gasteiger charge is -2.22. The number of nitrogens with zero attached hydrogens (tertiary/aromatic N) is 1. The lowest BCUT2D eigenvalue weighted by molar-refractivity contribution is -0.147. The first-order chi connectivity index (χ1) is 13.1. The Morgan fingerprint density at radius 3 is 2.14 bits per heavy atom. The number of guanidine groups is 1. The molecule has 0 radical (unpaired) electrons. The smallest absolute Gasteiger partial charge is 0.326 e. The molecule has 0 spiro atoms. The highest BCUT2D eigenvalue weighted by Gasteiger charge is 2.28. The van der Waals surface area contributed by atoms with Crippen LogP contribution >= 0.6 is 11.8 Å². The Kier molecular flexibility index (Phi) is 12.4. The van der Waals surface area contributed by atoms with Gasteiger partial charge in [0.1, 0.15) is 12.1 Å². The molecular weight excluding hydrogens is 392 g/mol. The molecule has 0 unspecified atom stereocenters. The van der Waals surface area contributed by atoms with Gasteiger partial charge in [-0.2, -0.15) is 11.8 Å². The van der Waals surface area contributed by atoms with Crippen molar-refractivity contribution in [1.29, 1.82) is 0 Å². The molecule has 0 saturated heterocycles. The highest BCUT2D eigenvalue weighted by atomic mass is 32.2. The van der Waals surface area contributed by atoms with Gasteiger partial charge in [-0.15, -0.1) is 0 Å². The summed E-state index contributed by atoms with van der Waals surface area (Å²) in [6, 6.07) is -3.58. The number of hydrogen-bond acceptors (Lipinski definition) is 7. The zero-order valence-electron chi connectivity index (χ0n) is 15.6. The van der Waals surface area contributed by atoms with E-state index in [4.69, 9.17) is 27.4 Å². The van der Waals surface area contributed by atoms with Crippen LogP contribution in [-0.4, -0.2) is 76.6 Å². The summed E-state index contributed by atoms with van der Waals surface area (Å²) in [6.45, 7) is 0.192. The second-order valence-corrected chi connectivity index (χ2v) is 6.88. The summed E-state index contributed by atoms with van der Waals surface area (Å²) in [4.78, 5) is 50.3. The van der Waals surface area contributed by atoms with Gasteiger partial charge in [0.2, 0.25) is 11.8 Å². The van der Waals surface area contributed by atoms with Crippen LogP contribution in [0.25, 0.3) is 0 Å². The van der Waals surface area contributed by atoms with Crippen LogP contribution in [0.15, 0.2) is 4.99 Å². The van der Waals surface area contributed by atoms with E-state index in [9.17, 15) is 19.2 Å². The molecule has 0 aliphatic rings. The Labute approximate surface area is 166 Å². The quantitative estimate of drug-likeness (QED) is 0.0899. The summed E-state index contributed by atoms with van der Waals surface area (Å²) < 4.78 is 0. The number of nitrogens with one attached hydrogen (secondary N) is 2. The molecule has 0 aromatic heterocycles. The van der Waals surface area contributed by atoms with E-state index in [2.05, 4.69) is 15.6 Å². The van der Waals surface area contributed by atoms with Crippen LogP contribution in [0.3, 0.4) is 0 Å². The minimum absolute atomic E-state index is 0.100. The molecule has 3 atom stereocenters. The van der Waals surface area contributed by atoms with Crippen LogP contribution in [0, 0.1) is 0 Å². The van der Waals surface area contributed by atoms with Crippen LogP contribution in [0.1, 0.15) is 25.7 Å². The van der Waals surface area contributed by atoms with Gasteiger partial charge in [-0.1, -0.05) is 0 Å². The predicted molar refractivity (Wildman–Crippen MR) is 105 cm³/mol. The molecule has 28 heavy (non-hydrogen) atoms. The fourth-order valence-corrected chi connectivity index (χ4v) is 2.56. The van der Waals surface area contributed by atoms with E-state index < -0.39 is 48.3 Å². The first kappa shape index (κ1) is 25.5. The Hall–Kier alpha value is -2.54. The molecule has 10 N–H and O–H groups in total. The molecule has 13 heteroatoms. The molecule has 0 heterocycles. The average Bonchev–Trinajstić information content (AvgIpc) is 2.60. The number of aliphatic carboxylic acids is 2. The van der Waals surface area contributed by atoms with E-state index in [0.29, 0.717) is 18.6 Å². The van der Waals surface area contributed by atoms with Crippen molar-refractivity contribution in [1.82, 2.24) is 10.6 Å². The van der Waals surface area contributed by atoms with Gasteiger partial charge < -0.3 is 38.0 Å². The second-order valence-electron chi connectivity index (χ2n) is 5.90. The third kappa shape index (κ3) is 11.2. The minimum atomic E-state index is -1.63. The van der Waals surface area contributed by atoms with Crippen molar-refractivity contribution in [2.24, 2.45) is 22.2 Å². The zero-order chi connectivity index (χ0) is 21.7. The van der Waals surface area contributed by atoms with Crippen molar-refractivity contribution in [2.45, 2.75) is 43.8 Å². The van der Waals surface area contributed by atoms with E-state index in [0.717, 1.165) is 0 Å². The summed E-state index contributed by atoms with van der Waals surface area (Å²) in [7, 11) is 0. The molecule has 2 amide bonds. The number of carboxylic acids is 2. The van der Waals surface area contributed by atoms with Crippen LogP contribution in [-0.2, 0) is 19.2 Å². The third-order valence-electron chi connectivity index (χ3n) is 3.54.